The predicted octanol–water partition coefficient (Wildman–Crippen LogP) is 4.56. The lowest BCUT2D eigenvalue weighted by atomic mass is 10.0. The largest absolute Gasteiger partial charge is 0.490 e. The molecule has 0 amide bonds. The Morgan fingerprint density at radius 3 is 2.62 bits per heavy atom. The highest BCUT2D eigenvalue weighted by Crippen LogP contribution is 2.35. The second-order valence-electron chi connectivity index (χ2n) is 8.13. The van der Waals surface area contributed by atoms with Crippen molar-refractivity contribution in [2.45, 2.75) is 52.2 Å². The molecular weight excluding hydrogens is 366 g/mol. The quantitative estimate of drug-likeness (QED) is 0.614. The van der Waals surface area contributed by atoms with Crippen molar-refractivity contribution < 1.29 is 14.3 Å². The highest BCUT2D eigenvalue weighted by Gasteiger charge is 2.28. The van der Waals surface area contributed by atoms with E-state index in [0.717, 1.165) is 34.2 Å². The molecule has 0 saturated heterocycles. The van der Waals surface area contributed by atoms with Gasteiger partial charge >= 0.3 is 0 Å². The Bertz CT molecular complexity index is 1020. The summed E-state index contributed by atoms with van der Waals surface area (Å²) in [6.07, 6.45) is 6.01. The molecular formula is C23H27N3O3. The van der Waals surface area contributed by atoms with E-state index < -0.39 is 0 Å². The molecule has 29 heavy (non-hydrogen) atoms. The van der Waals surface area contributed by atoms with Gasteiger partial charge in [0, 0.05) is 49.8 Å². The van der Waals surface area contributed by atoms with Crippen LogP contribution in [0.2, 0.25) is 0 Å². The number of benzene rings is 1. The Hall–Kier alpha value is -2.89. The van der Waals surface area contributed by atoms with Gasteiger partial charge in [-0.25, -0.2) is 4.98 Å². The third kappa shape index (κ3) is 4.26. The van der Waals surface area contributed by atoms with Crippen molar-refractivity contribution in [1.82, 2.24) is 14.8 Å². The van der Waals surface area contributed by atoms with Gasteiger partial charge in [-0.15, -0.1) is 0 Å². The Kier molecular flexibility index (Phi) is 5.26. The minimum Gasteiger partial charge on any atom is -0.490 e. The zero-order valence-corrected chi connectivity index (χ0v) is 17.4. The third-order valence-electron chi connectivity index (χ3n) is 5.39. The number of Topliss-reactive ketones (excluding diaryl/α,β-unsaturated/α-hetero) is 1. The molecule has 1 aliphatic rings. The zero-order chi connectivity index (χ0) is 20.5. The van der Waals surface area contributed by atoms with E-state index in [1.165, 1.54) is 0 Å². The molecule has 1 fully saturated rings. The van der Waals surface area contributed by atoms with Crippen LogP contribution in [0.4, 0.5) is 0 Å². The van der Waals surface area contributed by atoms with Gasteiger partial charge in [0.15, 0.2) is 0 Å². The van der Waals surface area contributed by atoms with Gasteiger partial charge in [-0.2, -0.15) is 5.10 Å². The fraction of sp³-hybridized carbons (Fsp3) is 0.435. The van der Waals surface area contributed by atoms with E-state index in [4.69, 9.17) is 9.47 Å². The van der Waals surface area contributed by atoms with Crippen molar-refractivity contribution in [3.05, 3.63) is 36.7 Å². The smallest absolute Gasteiger partial charge is 0.213 e. The van der Waals surface area contributed by atoms with E-state index in [1.807, 2.05) is 57.6 Å². The van der Waals surface area contributed by atoms with Crippen LogP contribution in [0, 0.1) is 5.92 Å². The summed E-state index contributed by atoms with van der Waals surface area (Å²) in [4.78, 5) is 16.1. The summed E-state index contributed by atoms with van der Waals surface area (Å²) in [5, 5.41) is 5.54. The number of ether oxygens (including phenoxy) is 2. The fourth-order valence-electron chi connectivity index (χ4n) is 3.88. The Balaban J connectivity index is 1.66. The zero-order valence-electron chi connectivity index (χ0n) is 17.4. The van der Waals surface area contributed by atoms with E-state index >= 15 is 0 Å². The number of hydrogen-bond donors (Lipinski definition) is 0. The molecule has 6 heteroatoms. The molecule has 0 spiro atoms. The first-order valence-electron chi connectivity index (χ1n) is 10.2. The van der Waals surface area contributed by atoms with E-state index in [2.05, 4.69) is 17.0 Å². The van der Waals surface area contributed by atoms with Crippen molar-refractivity contribution in [1.29, 1.82) is 0 Å². The molecule has 4 rings (SSSR count). The van der Waals surface area contributed by atoms with Gasteiger partial charge in [-0.3, -0.25) is 9.48 Å². The summed E-state index contributed by atoms with van der Waals surface area (Å²) in [6, 6.07) is 7.96. The third-order valence-corrected chi connectivity index (χ3v) is 5.39. The molecule has 0 bridgehead atoms. The van der Waals surface area contributed by atoms with E-state index in [-0.39, 0.29) is 18.1 Å². The van der Waals surface area contributed by atoms with Crippen molar-refractivity contribution in [2.75, 3.05) is 0 Å². The van der Waals surface area contributed by atoms with E-state index in [0.29, 0.717) is 24.5 Å². The number of fused-ring (bicyclic) bond motifs is 1. The molecule has 2 atom stereocenters. The van der Waals surface area contributed by atoms with Crippen LogP contribution in [-0.2, 0) is 11.8 Å². The molecule has 1 aliphatic carbocycles. The average molecular weight is 393 g/mol. The van der Waals surface area contributed by atoms with Crippen LogP contribution in [0.3, 0.4) is 0 Å². The highest BCUT2D eigenvalue weighted by atomic mass is 16.5. The standard InChI is InChI=1S/C23H27N3O3/c1-14(2)28-23-8-6-17(12-24-23)18-10-21-20(13-26(4)25-21)22(11-18)29-15(3)16-5-7-19(27)9-16/h6,8,10-16H,5,7,9H2,1-4H3/t15-,16+/m1/s1. The number of aryl methyl sites for hydroxylation is 1. The molecule has 1 aromatic carbocycles. The number of aromatic nitrogens is 3. The van der Waals surface area contributed by atoms with Gasteiger partial charge < -0.3 is 9.47 Å². The lowest BCUT2D eigenvalue weighted by molar-refractivity contribution is -0.117. The molecule has 0 aliphatic heterocycles. The summed E-state index contributed by atoms with van der Waals surface area (Å²) in [6.45, 7) is 6.01. The minimum absolute atomic E-state index is 0.0277. The van der Waals surface area contributed by atoms with Crippen LogP contribution in [0.25, 0.3) is 22.0 Å². The van der Waals surface area contributed by atoms with Crippen LogP contribution in [0.1, 0.15) is 40.0 Å². The molecule has 0 N–H and O–H groups in total. The monoisotopic (exact) mass is 393 g/mol. The van der Waals surface area contributed by atoms with E-state index in [1.54, 1.807) is 4.68 Å². The second-order valence-corrected chi connectivity index (χ2v) is 8.13. The number of pyridine rings is 1. The highest BCUT2D eigenvalue weighted by molar-refractivity contribution is 5.90. The van der Waals surface area contributed by atoms with Gasteiger partial charge in [0.25, 0.3) is 0 Å². The summed E-state index contributed by atoms with van der Waals surface area (Å²) < 4.78 is 13.8. The van der Waals surface area contributed by atoms with Crippen LogP contribution in [0.15, 0.2) is 36.7 Å². The Morgan fingerprint density at radius 1 is 1.14 bits per heavy atom. The average Bonchev–Trinajstić information content (AvgIpc) is 3.27. The number of rotatable bonds is 6. The maximum absolute atomic E-state index is 11.7. The second kappa shape index (κ2) is 7.85. The number of carbonyl (C=O) groups is 1. The first-order chi connectivity index (χ1) is 13.9. The lowest BCUT2D eigenvalue weighted by Gasteiger charge is -2.21. The van der Waals surface area contributed by atoms with E-state index in [9.17, 15) is 4.79 Å². The first-order valence-corrected chi connectivity index (χ1v) is 10.2. The summed E-state index contributed by atoms with van der Waals surface area (Å²) in [5.74, 6) is 2.01. The molecule has 0 unspecified atom stereocenters. The normalized spacial score (nSPS) is 17.8. The fourth-order valence-corrected chi connectivity index (χ4v) is 3.88. The van der Waals surface area contributed by atoms with Gasteiger partial charge in [0.2, 0.25) is 5.88 Å². The molecule has 2 aromatic heterocycles. The maximum atomic E-state index is 11.7. The number of ketones is 1. The van der Waals surface area contributed by atoms with Crippen LogP contribution in [0.5, 0.6) is 11.6 Å². The number of nitrogens with zero attached hydrogens (tertiary/aromatic N) is 3. The van der Waals surface area contributed by atoms with Crippen LogP contribution < -0.4 is 9.47 Å². The Labute approximate surface area is 170 Å². The van der Waals surface area contributed by atoms with Gasteiger partial charge in [0.05, 0.1) is 23.1 Å². The van der Waals surface area contributed by atoms with Crippen molar-refractivity contribution in [2.24, 2.45) is 13.0 Å². The molecule has 3 aromatic rings. The van der Waals surface area contributed by atoms with Crippen molar-refractivity contribution >= 4 is 16.7 Å². The molecule has 2 heterocycles. The maximum Gasteiger partial charge on any atom is 0.213 e. The topological polar surface area (TPSA) is 66.2 Å². The van der Waals surface area contributed by atoms with Crippen LogP contribution in [-0.4, -0.2) is 32.8 Å². The molecule has 152 valence electrons. The molecule has 0 radical (unpaired) electrons. The summed E-state index contributed by atoms with van der Waals surface area (Å²) in [5.41, 5.74) is 2.84. The SMILES string of the molecule is CC(C)Oc1ccc(-c2cc(O[C@H](C)[C@H]3CCC(=O)C3)c3cn(C)nc3c2)cn1. The predicted molar refractivity (Wildman–Crippen MR) is 112 cm³/mol. The van der Waals surface area contributed by atoms with Gasteiger partial charge in [-0.05, 0) is 51.0 Å². The summed E-state index contributed by atoms with van der Waals surface area (Å²) >= 11 is 0. The molecule has 6 nitrogen and oxygen atoms in total. The number of carbonyl (C=O) groups excluding carboxylic acids is 1. The summed E-state index contributed by atoms with van der Waals surface area (Å²) in [7, 11) is 1.90. The van der Waals surface area contributed by atoms with Crippen molar-refractivity contribution in [3.63, 3.8) is 0 Å². The first kappa shape index (κ1) is 19.4. The van der Waals surface area contributed by atoms with Gasteiger partial charge in [-0.1, -0.05) is 0 Å². The van der Waals surface area contributed by atoms with Crippen LogP contribution >= 0.6 is 0 Å². The van der Waals surface area contributed by atoms with Gasteiger partial charge in [0.1, 0.15) is 11.5 Å². The Morgan fingerprint density at radius 2 is 1.97 bits per heavy atom. The molecule has 1 saturated carbocycles. The lowest BCUT2D eigenvalue weighted by Crippen LogP contribution is -2.21. The minimum atomic E-state index is -0.0277. The van der Waals surface area contributed by atoms with Crippen molar-refractivity contribution in [3.8, 4) is 22.8 Å². The number of hydrogen-bond acceptors (Lipinski definition) is 5.